The fourth-order valence-corrected chi connectivity index (χ4v) is 3.52. The van der Waals surface area contributed by atoms with Crippen LogP contribution in [0.15, 0.2) is 0 Å². The van der Waals surface area contributed by atoms with Crippen LogP contribution in [0.4, 0.5) is 4.79 Å². The van der Waals surface area contributed by atoms with Gasteiger partial charge < -0.3 is 10.2 Å². The quantitative estimate of drug-likeness (QED) is 0.727. The molecule has 0 saturated carbocycles. The molecule has 26 heavy (non-hydrogen) atoms. The fourth-order valence-electron chi connectivity index (χ4n) is 3.52. The lowest BCUT2D eigenvalue weighted by atomic mass is 10.0. The monoisotopic (exact) mass is 367 g/mol. The van der Waals surface area contributed by atoms with Crippen LogP contribution >= 0.6 is 0 Å². The van der Waals surface area contributed by atoms with Crippen molar-refractivity contribution in [1.29, 1.82) is 0 Å². The summed E-state index contributed by atoms with van der Waals surface area (Å²) in [5.74, 6) is -0.0800. The van der Waals surface area contributed by atoms with Crippen molar-refractivity contribution in [3.05, 3.63) is 0 Å². The Bertz CT molecular complexity index is 503. The molecule has 8 heteroatoms. The Hall–Kier alpha value is -1.67. The van der Waals surface area contributed by atoms with Crippen LogP contribution in [0.2, 0.25) is 0 Å². The molecule has 2 N–H and O–H groups in total. The molecule has 2 fully saturated rings. The highest BCUT2D eigenvalue weighted by Crippen LogP contribution is 2.16. The van der Waals surface area contributed by atoms with Gasteiger partial charge in [0.05, 0.1) is 13.1 Å². The third-order valence-electron chi connectivity index (χ3n) is 4.99. The Labute approximate surface area is 156 Å². The number of nitrogens with one attached hydrogen (secondary N) is 2. The zero-order valence-corrected chi connectivity index (χ0v) is 16.3. The highest BCUT2D eigenvalue weighted by Gasteiger charge is 2.26. The third-order valence-corrected chi connectivity index (χ3v) is 4.99. The van der Waals surface area contributed by atoms with E-state index < -0.39 is 6.03 Å². The molecule has 0 spiro atoms. The first-order valence-electron chi connectivity index (χ1n) is 9.69. The minimum Gasteiger partial charge on any atom is -0.339 e. The summed E-state index contributed by atoms with van der Waals surface area (Å²) in [4.78, 5) is 42.2. The van der Waals surface area contributed by atoms with Crippen LogP contribution in [0, 0.1) is 0 Å². The van der Waals surface area contributed by atoms with Gasteiger partial charge in [0.25, 0.3) is 0 Å². The van der Waals surface area contributed by atoms with Crippen molar-refractivity contribution in [3.8, 4) is 0 Å². The summed E-state index contributed by atoms with van der Waals surface area (Å²) in [6.45, 7) is 10.3. The van der Waals surface area contributed by atoms with Gasteiger partial charge in [-0.25, -0.2) is 4.79 Å². The van der Waals surface area contributed by atoms with Crippen LogP contribution in [0.3, 0.4) is 0 Å². The minimum absolute atomic E-state index is 0.00787. The second kappa shape index (κ2) is 9.87. The van der Waals surface area contributed by atoms with Gasteiger partial charge in [0.15, 0.2) is 0 Å². The van der Waals surface area contributed by atoms with Gasteiger partial charge in [-0.2, -0.15) is 0 Å². The first kappa shape index (κ1) is 20.6. The highest BCUT2D eigenvalue weighted by molar-refractivity contribution is 5.95. The Morgan fingerprint density at radius 1 is 0.962 bits per heavy atom. The van der Waals surface area contributed by atoms with Crippen LogP contribution in [-0.4, -0.2) is 90.4 Å². The maximum absolute atomic E-state index is 12.5. The molecular weight excluding hydrogens is 334 g/mol. The van der Waals surface area contributed by atoms with Gasteiger partial charge in [0, 0.05) is 44.8 Å². The number of piperazine rings is 1. The molecule has 0 aromatic rings. The summed E-state index contributed by atoms with van der Waals surface area (Å²) >= 11 is 0. The molecule has 0 aromatic carbocycles. The zero-order valence-electron chi connectivity index (χ0n) is 16.3. The van der Waals surface area contributed by atoms with Crippen molar-refractivity contribution in [2.24, 2.45) is 0 Å². The molecule has 0 radical (unpaired) electrons. The third kappa shape index (κ3) is 6.57. The number of piperidine rings is 1. The lowest BCUT2D eigenvalue weighted by Gasteiger charge is -2.37. The molecule has 4 amide bonds. The molecule has 148 valence electrons. The first-order chi connectivity index (χ1) is 12.3. The number of nitrogens with zero attached hydrogens (tertiary/aromatic N) is 3. The molecule has 2 rings (SSSR count). The van der Waals surface area contributed by atoms with Gasteiger partial charge in [-0.3, -0.25) is 24.7 Å². The molecule has 2 heterocycles. The molecule has 2 aliphatic heterocycles. The molecular formula is C18H33N5O3. The highest BCUT2D eigenvalue weighted by atomic mass is 16.2. The first-order valence-corrected chi connectivity index (χ1v) is 9.69. The number of rotatable bonds is 5. The van der Waals surface area contributed by atoms with Gasteiger partial charge in [-0.15, -0.1) is 0 Å². The van der Waals surface area contributed by atoms with Gasteiger partial charge in [0.2, 0.25) is 11.8 Å². The van der Waals surface area contributed by atoms with Crippen molar-refractivity contribution >= 4 is 17.8 Å². The van der Waals surface area contributed by atoms with E-state index in [1.165, 1.54) is 6.42 Å². The molecule has 0 bridgehead atoms. The van der Waals surface area contributed by atoms with Gasteiger partial charge >= 0.3 is 6.03 Å². The Balaban J connectivity index is 1.67. The maximum atomic E-state index is 12.5. The van der Waals surface area contributed by atoms with Crippen molar-refractivity contribution < 1.29 is 14.4 Å². The van der Waals surface area contributed by atoms with Crippen LogP contribution in [-0.2, 0) is 9.59 Å². The largest absolute Gasteiger partial charge is 0.339 e. The predicted molar refractivity (Wildman–Crippen MR) is 99.7 cm³/mol. The van der Waals surface area contributed by atoms with E-state index in [1.54, 1.807) is 0 Å². The van der Waals surface area contributed by atoms with Crippen molar-refractivity contribution in [2.75, 3.05) is 45.8 Å². The van der Waals surface area contributed by atoms with Gasteiger partial charge in [0.1, 0.15) is 0 Å². The van der Waals surface area contributed by atoms with E-state index in [0.29, 0.717) is 12.6 Å². The number of urea groups is 1. The molecule has 0 aliphatic carbocycles. The summed E-state index contributed by atoms with van der Waals surface area (Å²) in [6.07, 6.45) is 3.41. The molecule has 8 nitrogen and oxygen atoms in total. The van der Waals surface area contributed by atoms with Gasteiger partial charge in [-0.05, 0) is 40.0 Å². The summed E-state index contributed by atoms with van der Waals surface area (Å²) < 4.78 is 0. The van der Waals surface area contributed by atoms with E-state index in [2.05, 4.69) is 22.5 Å². The lowest BCUT2D eigenvalue weighted by molar-refractivity contribution is -0.136. The van der Waals surface area contributed by atoms with Gasteiger partial charge in [-0.1, -0.05) is 0 Å². The number of hydrogen-bond donors (Lipinski definition) is 2. The zero-order chi connectivity index (χ0) is 19.1. The number of imide groups is 1. The summed E-state index contributed by atoms with van der Waals surface area (Å²) in [5.41, 5.74) is 0. The number of amides is 4. The van der Waals surface area contributed by atoms with Crippen molar-refractivity contribution in [3.63, 3.8) is 0 Å². The summed E-state index contributed by atoms with van der Waals surface area (Å²) in [6, 6.07) is -0.116. The Morgan fingerprint density at radius 2 is 1.58 bits per heavy atom. The SMILES string of the molecule is CC(C)NC(=O)NC(=O)CN1CCN(CC(=O)N2CCCCC2C)CC1. The number of carbonyl (C=O) groups excluding carboxylic acids is 3. The minimum atomic E-state index is -0.454. The predicted octanol–water partition coefficient (Wildman–Crippen LogP) is 0.239. The number of carbonyl (C=O) groups is 3. The molecule has 1 atom stereocenters. The Kier molecular flexibility index (Phi) is 7.84. The normalized spacial score (nSPS) is 22.3. The Morgan fingerprint density at radius 3 is 2.15 bits per heavy atom. The molecule has 2 saturated heterocycles. The number of hydrogen-bond acceptors (Lipinski definition) is 5. The van der Waals surface area contributed by atoms with E-state index in [1.807, 2.05) is 23.6 Å². The van der Waals surface area contributed by atoms with E-state index in [9.17, 15) is 14.4 Å². The summed E-state index contributed by atoms with van der Waals surface area (Å²) in [5, 5.41) is 4.98. The molecule has 2 aliphatic rings. The number of likely N-dealkylation sites (tertiary alicyclic amines) is 1. The van der Waals surface area contributed by atoms with Crippen molar-refractivity contribution in [1.82, 2.24) is 25.3 Å². The van der Waals surface area contributed by atoms with Crippen LogP contribution < -0.4 is 10.6 Å². The molecule has 1 unspecified atom stereocenters. The van der Waals surface area contributed by atoms with Crippen LogP contribution in [0.5, 0.6) is 0 Å². The second-order valence-corrected chi connectivity index (χ2v) is 7.66. The standard InChI is InChI=1S/C18H33N5O3/c1-14(2)19-18(26)20-16(24)12-21-8-10-22(11-9-21)13-17(25)23-7-5-4-6-15(23)3/h14-15H,4-13H2,1-3H3,(H2,19,20,24,26). The van der Waals surface area contributed by atoms with E-state index >= 15 is 0 Å². The van der Waals surface area contributed by atoms with Crippen LogP contribution in [0.25, 0.3) is 0 Å². The summed E-state index contributed by atoms with van der Waals surface area (Å²) in [7, 11) is 0. The fraction of sp³-hybridized carbons (Fsp3) is 0.833. The average molecular weight is 367 g/mol. The molecule has 0 aromatic heterocycles. The average Bonchev–Trinajstić information content (AvgIpc) is 2.56. The van der Waals surface area contributed by atoms with E-state index in [-0.39, 0.29) is 24.4 Å². The van der Waals surface area contributed by atoms with E-state index in [0.717, 1.165) is 45.6 Å². The smallest absolute Gasteiger partial charge is 0.321 e. The van der Waals surface area contributed by atoms with E-state index in [4.69, 9.17) is 0 Å². The maximum Gasteiger partial charge on any atom is 0.321 e. The topological polar surface area (TPSA) is 85.0 Å². The van der Waals surface area contributed by atoms with Crippen molar-refractivity contribution in [2.45, 2.75) is 52.1 Å². The lowest BCUT2D eigenvalue weighted by Crippen LogP contribution is -2.54. The van der Waals surface area contributed by atoms with Crippen LogP contribution in [0.1, 0.15) is 40.0 Å². The second-order valence-electron chi connectivity index (χ2n) is 7.66.